The van der Waals surface area contributed by atoms with Crippen molar-refractivity contribution < 1.29 is 9.90 Å². The first-order chi connectivity index (χ1) is 5.84. The fourth-order valence-electron chi connectivity index (χ4n) is 1.37. The molecule has 1 heterocycles. The van der Waals surface area contributed by atoms with Crippen molar-refractivity contribution in [1.29, 1.82) is 0 Å². The molecule has 0 spiro atoms. The van der Waals surface area contributed by atoms with Crippen LogP contribution in [0.25, 0.3) is 0 Å². The lowest BCUT2D eigenvalue weighted by molar-refractivity contribution is 0.182. The lowest BCUT2D eigenvalue weighted by Gasteiger charge is -2.26. The predicted molar refractivity (Wildman–Crippen MR) is 45.9 cm³/mol. The Labute approximate surface area is 72.6 Å². The molecular weight excluding hydrogens is 156 g/mol. The Kier molecular flexibility index (Phi) is 3.87. The van der Waals surface area contributed by atoms with E-state index < -0.39 is 0 Å². The summed E-state index contributed by atoms with van der Waals surface area (Å²) in [5, 5.41) is 11.1. The minimum absolute atomic E-state index is 0.0135. The van der Waals surface area contributed by atoms with Gasteiger partial charge in [0.1, 0.15) is 0 Å². The third-order valence-corrected chi connectivity index (χ3v) is 2.03. The fourth-order valence-corrected chi connectivity index (χ4v) is 1.37. The summed E-state index contributed by atoms with van der Waals surface area (Å²) >= 11 is 0. The number of nitrogens with one attached hydrogen (secondary N) is 1. The van der Waals surface area contributed by atoms with Gasteiger partial charge in [0, 0.05) is 19.6 Å². The molecule has 2 N–H and O–H groups in total. The quantitative estimate of drug-likeness (QED) is 0.624. The fraction of sp³-hybridized carbons (Fsp3) is 0.875. The van der Waals surface area contributed by atoms with E-state index in [1.54, 1.807) is 4.90 Å². The van der Waals surface area contributed by atoms with Gasteiger partial charge in [-0.25, -0.2) is 4.79 Å². The Balaban J connectivity index is 2.20. The van der Waals surface area contributed by atoms with Gasteiger partial charge < -0.3 is 15.3 Å². The van der Waals surface area contributed by atoms with Gasteiger partial charge in [-0.2, -0.15) is 0 Å². The van der Waals surface area contributed by atoms with Gasteiger partial charge in [0.25, 0.3) is 0 Å². The lowest BCUT2D eigenvalue weighted by Crippen LogP contribution is -2.43. The summed E-state index contributed by atoms with van der Waals surface area (Å²) < 4.78 is 0. The zero-order valence-electron chi connectivity index (χ0n) is 7.25. The highest BCUT2D eigenvalue weighted by Gasteiger charge is 2.14. The van der Waals surface area contributed by atoms with Crippen LogP contribution >= 0.6 is 0 Å². The van der Waals surface area contributed by atoms with E-state index in [0.717, 1.165) is 25.9 Å². The van der Waals surface area contributed by atoms with Crippen LogP contribution in [-0.4, -0.2) is 42.3 Å². The first-order valence-electron chi connectivity index (χ1n) is 4.48. The highest BCUT2D eigenvalue weighted by molar-refractivity contribution is 5.74. The minimum atomic E-state index is -0.0382. The Morgan fingerprint density at radius 3 is 2.58 bits per heavy atom. The van der Waals surface area contributed by atoms with Crippen LogP contribution in [-0.2, 0) is 0 Å². The molecular formula is C8H16N2O2. The maximum atomic E-state index is 11.3. The molecule has 0 radical (unpaired) electrons. The van der Waals surface area contributed by atoms with Crippen molar-refractivity contribution in [1.82, 2.24) is 10.2 Å². The number of rotatable bonds is 2. The Morgan fingerprint density at radius 2 is 2.00 bits per heavy atom. The number of carbonyl (C=O) groups is 1. The molecule has 0 aromatic rings. The third-order valence-electron chi connectivity index (χ3n) is 2.03. The van der Waals surface area contributed by atoms with E-state index >= 15 is 0 Å². The lowest BCUT2D eigenvalue weighted by atomic mass is 10.1. The summed E-state index contributed by atoms with van der Waals surface area (Å²) in [5.41, 5.74) is 0. The van der Waals surface area contributed by atoms with Crippen LogP contribution in [0.2, 0.25) is 0 Å². The molecule has 1 fully saturated rings. The molecule has 0 saturated carbocycles. The molecule has 70 valence electrons. The zero-order valence-corrected chi connectivity index (χ0v) is 7.25. The monoisotopic (exact) mass is 172 g/mol. The number of piperidine rings is 1. The zero-order chi connectivity index (χ0) is 8.81. The summed E-state index contributed by atoms with van der Waals surface area (Å²) in [4.78, 5) is 13.1. The minimum Gasteiger partial charge on any atom is -0.395 e. The van der Waals surface area contributed by atoms with E-state index in [1.165, 1.54) is 6.42 Å². The summed E-state index contributed by atoms with van der Waals surface area (Å²) in [6.45, 7) is 2.09. The van der Waals surface area contributed by atoms with E-state index in [1.807, 2.05) is 0 Å². The first-order valence-corrected chi connectivity index (χ1v) is 4.48. The molecule has 0 aliphatic carbocycles. The number of nitrogens with zero attached hydrogens (tertiary/aromatic N) is 1. The number of carbonyl (C=O) groups excluding carboxylic acids is 1. The van der Waals surface area contributed by atoms with Crippen molar-refractivity contribution in [3.05, 3.63) is 0 Å². The van der Waals surface area contributed by atoms with Crippen molar-refractivity contribution in [2.45, 2.75) is 19.3 Å². The van der Waals surface area contributed by atoms with Crippen LogP contribution in [0.4, 0.5) is 4.79 Å². The van der Waals surface area contributed by atoms with E-state index in [2.05, 4.69) is 5.32 Å². The number of aliphatic hydroxyl groups excluding tert-OH is 1. The van der Waals surface area contributed by atoms with Crippen LogP contribution < -0.4 is 5.32 Å². The highest BCUT2D eigenvalue weighted by atomic mass is 16.3. The molecule has 0 atom stereocenters. The molecule has 1 aliphatic heterocycles. The molecule has 0 bridgehead atoms. The van der Waals surface area contributed by atoms with Gasteiger partial charge in [0.15, 0.2) is 0 Å². The van der Waals surface area contributed by atoms with Gasteiger partial charge in [-0.15, -0.1) is 0 Å². The number of likely N-dealkylation sites (tertiary alicyclic amines) is 1. The summed E-state index contributed by atoms with van der Waals surface area (Å²) in [6, 6.07) is -0.0382. The molecule has 0 unspecified atom stereocenters. The van der Waals surface area contributed by atoms with E-state index in [4.69, 9.17) is 5.11 Å². The van der Waals surface area contributed by atoms with Gasteiger partial charge in [0.2, 0.25) is 0 Å². The van der Waals surface area contributed by atoms with Crippen molar-refractivity contribution >= 4 is 6.03 Å². The molecule has 12 heavy (non-hydrogen) atoms. The van der Waals surface area contributed by atoms with Gasteiger partial charge in [0.05, 0.1) is 6.61 Å². The van der Waals surface area contributed by atoms with Crippen molar-refractivity contribution in [3.8, 4) is 0 Å². The second-order valence-corrected chi connectivity index (χ2v) is 3.00. The molecule has 0 aromatic carbocycles. The average Bonchev–Trinajstić information content (AvgIpc) is 2.15. The van der Waals surface area contributed by atoms with Gasteiger partial charge in [-0.1, -0.05) is 0 Å². The van der Waals surface area contributed by atoms with Crippen LogP contribution in [0.3, 0.4) is 0 Å². The maximum absolute atomic E-state index is 11.3. The number of hydrogen-bond donors (Lipinski definition) is 2. The topological polar surface area (TPSA) is 52.6 Å². The summed E-state index contributed by atoms with van der Waals surface area (Å²) in [6.07, 6.45) is 3.43. The predicted octanol–water partition coefficient (Wildman–Crippen LogP) is 0.174. The van der Waals surface area contributed by atoms with Gasteiger partial charge in [-0.05, 0) is 19.3 Å². The van der Waals surface area contributed by atoms with E-state index in [0.29, 0.717) is 6.54 Å². The number of aliphatic hydroxyl groups is 1. The largest absolute Gasteiger partial charge is 0.395 e. The smallest absolute Gasteiger partial charge is 0.317 e. The molecule has 4 nitrogen and oxygen atoms in total. The number of amides is 2. The highest BCUT2D eigenvalue weighted by Crippen LogP contribution is 2.07. The van der Waals surface area contributed by atoms with Crippen LogP contribution in [0.1, 0.15) is 19.3 Å². The van der Waals surface area contributed by atoms with Crippen LogP contribution in [0, 0.1) is 0 Å². The Bertz CT molecular complexity index is 144. The maximum Gasteiger partial charge on any atom is 0.317 e. The molecule has 0 aromatic heterocycles. The molecule has 1 saturated heterocycles. The Hall–Kier alpha value is -0.770. The summed E-state index contributed by atoms with van der Waals surface area (Å²) in [5.74, 6) is 0. The van der Waals surface area contributed by atoms with Crippen molar-refractivity contribution in [3.63, 3.8) is 0 Å². The van der Waals surface area contributed by atoms with Crippen LogP contribution in [0.15, 0.2) is 0 Å². The molecule has 2 amide bonds. The normalized spacial score (nSPS) is 17.6. The second kappa shape index (κ2) is 4.98. The third kappa shape index (κ3) is 2.70. The number of urea groups is 1. The Morgan fingerprint density at radius 1 is 1.33 bits per heavy atom. The summed E-state index contributed by atoms with van der Waals surface area (Å²) in [7, 11) is 0. The van der Waals surface area contributed by atoms with Gasteiger partial charge >= 0.3 is 6.03 Å². The standard InChI is InChI=1S/C8H16N2O2/c11-7-4-9-8(12)10-5-2-1-3-6-10/h11H,1-7H2,(H,9,12). The van der Waals surface area contributed by atoms with E-state index in [-0.39, 0.29) is 12.6 Å². The molecule has 4 heteroatoms. The second-order valence-electron chi connectivity index (χ2n) is 3.00. The van der Waals surface area contributed by atoms with Crippen LogP contribution in [0.5, 0.6) is 0 Å². The van der Waals surface area contributed by atoms with Gasteiger partial charge in [-0.3, -0.25) is 0 Å². The SMILES string of the molecule is O=C(NCCO)N1CCCCC1. The van der Waals surface area contributed by atoms with Crippen molar-refractivity contribution in [2.75, 3.05) is 26.2 Å². The first kappa shape index (κ1) is 9.32. The number of hydrogen-bond acceptors (Lipinski definition) is 2. The average molecular weight is 172 g/mol. The molecule has 1 rings (SSSR count). The van der Waals surface area contributed by atoms with E-state index in [9.17, 15) is 4.79 Å². The van der Waals surface area contributed by atoms with Crippen molar-refractivity contribution in [2.24, 2.45) is 0 Å². The molecule has 1 aliphatic rings.